The van der Waals surface area contributed by atoms with E-state index in [0.717, 1.165) is 77.0 Å². The van der Waals surface area contributed by atoms with E-state index in [-0.39, 0.29) is 31.5 Å². The fourth-order valence-electron chi connectivity index (χ4n) is 9.00. The van der Waals surface area contributed by atoms with E-state index in [9.17, 15) is 19.0 Å². The van der Waals surface area contributed by atoms with Gasteiger partial charge in [-0.05, 0) is 96.0 Å². The van der Waals surface area contributed by atoms with Crippen LogP contribution in [0.25, 0.3) is 0 Å². The molecule has 0 aliphatic carbocycles. The fourth-order valence-corrected chi connectivity index (χ4v) is 9.74. The molecule has 75 heavy (non-hydrogen) atoms. The smallest absolute Gasteiger partial charge is 0.456 e. The van der Waals surface area contributed by atoms with Crippen LogP contribution >= 0.6 is 7.82 Å². The lowest BCUT2D eigenvalue weighted by Crippen LogP contribution is -2.47. The van der Waals surface area contributed by atoms with Crippen LogP contribution in [0.1, 0.15) is 290 Å². The molecule has 0 spiro atoms. The second-order valence-electron chi connectivity index (χ2n) is 22.6. The molecule has 0 heterocycles. The molecule has 3 atom stereocenters. The van der Waals surface area contributed by atoms with Crippen molar-refractivity contribution in [2.45, 2.75) is 303 Å². The Kier molecular flexibility index (Phi) is 53.4. The third-order valence-electron chi connectivity index (χ3n) is 13.9. The van der Waals surface area contributed by atoms with Crippen molar-refractivity contribution in [2.75, 3.05) is 40.9 Å². The Labute approximate surface area is 464 Å². The second kappa shape index (κ2) is 55.0. The van der Waals surface area contributed by atoms with Crippen molar-refractivity contribution in [3.05, 3.63) is 60.8 Å². The third-order valence-corrected chi connectivity index (χ3v) is 14.9. The first kappa shape index (κ1) is 72.7. The lowest BCUT2D eigenvalue weighted by molar-refractivity contribution is -0.870. The molecule has 0 aromatic carbocycles. The minimum atomic E-state index is -4.45. The van der Waals surface area contributed by atoms with Gasteiger partial charge in [0, 0.05) is 12.8 Å². The van der Waals surface area contributed by atoms with Gasteiger partial charge in [0.2, 0.25) is 5.91 Å². The first-order valence-electron chi connectivity index (χ1n) is 31.6. The summed E-state index contributed by atoms with van der Waals surface area (Å²) in [6.07, 6.45) is 69.3. The molecule has 0 fully saturated rings. The van der Waals surface area contributed by atoms with Crippen LogP contribution in [0, 0.1) is 0 Å². The molecule has 1 amide bonds. The summed E-state index contributed by atoms with van der Waals surface area (Å²) in [5, 5.41) is 3.05. The maximum absolute atomic E-state index is 13.6. The van der Waals surface area contributed by atoms with Crippen LogP contribution in [0.4, 0.5) is 0 Å². The maximum atomic E-state index is 13.6. The molecule has 0 aromatic heterocycles. The number of likely N-dealkylation sites (N-methyl/N-ethyl adjacent to an activating group) is 1. The number of phosphoric acid groups is 1. The standard InChI is InChI=1S/C65H121N2O7P/c1-7-10-13-16-19-22-25-28-30-31-32-33-34-35-36-37-38-39-42-45-48-51-54-57-64(68)66-62(61-73-75(70,71)72-60-59-67(4,5)6)63(56-53-50-47-44-41-27-24-21-18-15-12-9-3)74-65(69)58-55-52-49-46-43-40-29-26-23-20-17-14-11-8-2/h19,22,28,30,32-33,40,43,53,56,62-63H,7-18,20-21,23-27,29,31,34-39,41-42,44-52,54-55,57-61H2,1-6H3,(H-,66,68,70,71)/p+1/b22-19-,30-28-,33-32-,43-40-,56-53-. The molecule has 0 bridgehead atoms. The monoisotopic (exact) mass is 1070 g/mol. The van der Waals surface area contributed by atoms with Crippen LogP contribution in [-0.2, 0) is 27.9 Å². The van der Waals surface area contributed by atoms with Crippen molar-refractivity contribution in [3.8, 4) is 0 Å². The number of rotatable bonds is 57. The lowest BCUT2D eigenvalue weighted by Gasteiger charge is -2.27. The Morgan fingerprint density at radius 2 is 0.813 bits per heavy atom. The summed E-state index contributed by atoms with van der Waals surface area (Å²) in [6, 6.07) is -0.857. The molecule has 10 heteroatoms. The van der Waals surface area contributed by atoms with E-state index >= 15 is 0 Å². The van der Waals surface area contributed by atoms with E-state index in [1.807, 2.05) is 33.3 Å². The predicted octanol–water partition coefficient (Wildman–Crippen LogP) is 19.4. The number of nitrogens with one attached hydrogen (secondary N) is 1. The fraction of sp³-hybridized carbons (Fsp3) is 0.815. The number of amides is 1. The zero-order valence-electron chi connectivity index (χ0n) is 50.0. The minimum absolute atomic E-state index is 0.0365. The summed E-state index contributed by atoms with van der Waals surface area (Å²) in [5.74, 6) is -0.523. The number of unbranched alkanes of at least 4 members (excludes halogenated alkanes) is 33. The predicted molar refractivity (Wildman–Crippen MR) is 323 cm³/mol. The van der Waals surface area contributed by atoms with E-state index in [1.165, 1.54) is 173 Å². The summed E-state index contributed by atoms with van der Waals surface area (Å²) in [5.41, 5.74) is 0. The summed E-state index contributed by atoms with van der Waals surface area (Å²) >= 11 is 0. The molecule has 0 aliphatic heterocycles. The topological polar surface area (TPSA) is 111 Å². The Hall–Kier alpha value is -2.29. The van der Waals surface area contributed by atoms with Crippen molar-refractivity contribution in [3.63, 3.8) is 0 Å². The van der Waals surface area contributed by atoms with Gasteiger partial charge in [0.15, 0.2) is 0 Å². The van der Waals surface area contributed by atoms with Crippen molar-refractivity contribution in [2.24, 2.45) is 0 Å². The molecule has 0 rings (SSSR count). The van der Waals surface area contributed by atoms with Gasteiger partial charge < -0.3 is 19.4 Å². The van der Waals surface area contributed by atoms with Gasteiger partial charge in [-0.2, -0.15) is 0 Å². The van der Waals surface area contributed by atoms with Crippen LogP contribution in [0.3, 0.4) is 0 Å². The number of esters is 1. The van der Waals surface area contributed by atoms with E-state index in [4.69, 9.17) is 13.8 Å². The van der Waals surface area contributed by atoms with Gasteiger partial charge in [-0.15, -0.1) is 0 Å². The average Bonchev–Trinajstić information content (AvgIpc) is 3.37. The number of phosphoric ester groups is 1. The molecular formula is C65H122N2O7P+. The highest BCUT2D eigenvalue weighted by Crippen LogP contribution is 2.43. The van der Waals surface area contributed by atoms with Crippen LogP contribution < -0.4 is 5.32 Å². The molecule has 0 aliphatic rings. The zero-order valence-corrected chi connectivity index (χ0v) is 50.9. The second-order valence-corrected chi connectivity index (χ2v) is 24.0. The van der Waals surface area contributed by atoms with Gasteiger partial charge in [-0.1, -0.05) is 242 Å². The number of carbonyl (C=O) groups excluding carboxylic acids is 2. The highest BCUT2D eigenvalue weighted by molar-refractivity contribution is 7.47. The first-order valence-corrected chi connectivity index (χ1v) is 33.1. The van der Waals surface area contributed by atoms with E-state index in [0.29, 0.717) is 23.9 Å². The van der Waals surface area contributed by atoms with Crippen molar-refractivity contribution < 1.29 is 37.3 Å². The number of hydrogen-bond acceptors (Lipinski definition) is 6. The van der Waals surface area contributed by atoms with Crippen molar-refractivity contribution in [1.82, 2.24) is 5.32 Å². The zero-order chi connectivity index (χ0) is 55.0. The molecule has 0 saturated heterocycles. The number of quaternary nitrogens is 1. The number of carbonyl (C=O) groups is 2. The molecule has 0 saturated carbocycles. The third kappa shape index (κ3) is 56.2. The number of nitrogens with zero attached hydrogens (tertiary/aromatic N) is 1. The summed E-state index contributed by atoms with van der Waals surface area (Å²) in [4.78, 5) is 37.7. The van der Waals surface area contributed by atoms with Gasteiger partial charge >= 0.3 is 13.8 Å². The molecule has 0 radical (unpaired) electrons. The van der Waals surface area contributed by atoms with Gasteiger partial charge in [-0.3, -0.25) is 18.6 Å². The van der Waals surface area contributed by atoms with Gasteiger partial charge in [-0.25, -0.2) is 4.57 Å². The highest BCUT2D eigenvalue weighted by Gasteiger charge is 2.30. The Balaban J connectivity index is 5.19. The number of allylic oxidation sites excluding steroid dienone is 9. The molecule has 438 valence electrons. The number of hydrogen-bond donors (Lipinski definition) is 2. The van der Waals surface area contributed by atoms with Crippen LogP contribution in [0.5, 0.6) is 0 Å². The molecule has 2 N–H and O–H groups in total. The average molecular weight is 1070 g/mol. The normalized spacial score (nSPS) is 14.1. The Bertz CT molecular complexity index is 1470. The molecule has 9 nitrogen and oxygen atoms in total. The SMILES string of the molecule is CCCCC/C=C\C/C=C\C/C=C\CCCCCCCCCCCCC(=O)NC(COP(=O)(O)OCC[N+](C)(C)C)C(/C=C\CCCCCCCCCCCC)OC(=O)CCCCC/C=C\CCCCCCCCC. The van der Waals surface area contributed by atoms with Crippen molar-refractivity contribution in [1.29, 1.82) is 0 Å². The Morgan fingerprint density at radius 3 is 1.27 bits per heavy atom. The van der Waals surface area contributed by atoms with Crippen LogP contribution in [-0.4, -0.2) is 74.3 Å². The Morgan fingerprint density at radius 1 is 0.467 bits per heavy atom. The minimum Gasteiger partial charge on any atom is -0.456 e. The molecular weight excluding hydrogens is 952 g/mol. The largest absolute Gasteiger partial charge is 0.472 e. The highest BCUT2D eigenvalue weighted by atomic mass is 31.2. The molecule has 0 aromatic rings. The van der Waals surface area contributed by atoms with Gasteiger partial charge in [0.25, 0.3) is 0 Å². The maximum Gasteiger partial charge on any atom is 0.472 e. The summed E-state index contributed by atoms with van der Waals surface area (Å²) in [7, 11) is 1.49. The van der Waals surface area contributed by atoms with E-state index in [2.05, 4.69) is 74.7 Å². The van der Waals surface area contributed by atoms with Crippen LogP contribution in [0.2, 0.25) is 0 Å². The van der Waals surface area contributed by atoms with Gasteiger partial charge in [0.05, 0.1) is 33.8 Å². The summed E-state index contributed by atoms with van der Waals surface area (Å²) in [6.45, 7) is 6.98. The summed E-state index contributed by atoms with van der Waals surface area (Å²) < 4.78 is 30.7. The van der Waals surface area contributed by atoms with E-state index < -0.39 is 20.0 Å². The van der Waals surface area contributed by atoms with Crippen LogP contribution in [0.15, 0.2) is 60.8 Å². The molecule has 3 unspecified atom stereocenters. The quantitative estimate of drug-likeness (QED) is 0.0205. The first-order chi connectivity index (χ1) is 36.4. The number of ether oxygens (including phenoxy) is 1. The van der Waals surface area contributed by atoms with Crippen molar-refractivity contribution >= 4 is 19.7 Å². The van der Waals surface area contributed by atoms with Gasteiger partial charge in [0.1, 0.15) is 19.3 Å². The lowest BCUT2D eigenvalue weighted by atomic mass is 10.0. The van der Waals surface area contributed by atoms with E-state index in [1.54, 1.807) is 0 Å².